The van der Waals surface area contributed by atoms with Crippen LogP contribution in [0.15, 0.2) is 30.3 Å². The third-order valence-corrected chi connectivity index (χ3v) is 4.20. The number of hydrogen-bond acceptors (Lipinski definition) is 2. The number of aliphatic carboxylic acids is 1. The van der Waals surface area contributed by atoms with Crippen LogP contribution >= 0.6 is 0 Å². The second-order valence-corrected chi connectivity index (χ2v) is 6.50. The molecule has 21 heavy (non-hydrogen) atoms. The van der Waals surface area contributed by atoms with Gasteiger partial charge >= 0.3 is 5.97 Å². The van der Waals surface area contributed by atoms with Gasteiger partial charge < -0.3 is 5.11 Å². The molecule has 1 aromatic rings. The zero-order valence-electron chi connectivity index (χ0n) is 12.4. The fourth-order valence-electron chi connectivity index (χ4n) is 2.76. The minimum Gasteiger partial charge on any atom is -0.478 e. The summed E-state index contributed by atoms with van der Waals surface area (Å²) in [6.45, 7) is 3.44. The lowest BCUT2D eigenvalue weighted by Crippen LogP contribution is -2.27. The Morgan fingerprint density at radius 3 is 2.43 bits per heavy atom. The van der Waals surface area contributed by atoms with E-state index in [9.17, 15) is 4.79 Å². The van der Waals surface area contributed by atoms with Crippen molar-refractivity contribution in [1.29, 1.82) is 0 Å². The second kappa shape index (κ2) is 6.44. The highest BCUT2D eigenvalue weighted by atomic mass is 16.4. The van der Waals surface area contributed by atoms with Crippen LogP contribution < -0.4 is 0 Å². The van der Waals surface area contributed by atoms with Gasteiger partial charge in [0.15, 0.2) is 0 Å². The van der Waals surface area contributed by atoms with Gasteiger partial charge in [-0.3, -0.25) is 4.90 Å². The van der Waals surface area contributed by atoms with E-state index in [1.54, 1.807) is 6.08 Å². The first-order valence-corrected chi connectivity index (χ1v) is 7.91. The van der Waals surface area contributed by atoms with Crippen molar-refractivity contribution < 1.29 is 9.90 Å². The summed E-state index contributed by atoms with van der Waals surface area (Å²) in [7, 11) is 0. The number of hydrogen-bond donors (Lipinski definition) is 1. The molecule has 3 heteroatoms. The number of carboxylic acid groups (broad SMARTS) is 1. The molecule has 0 bridgehead atoms. The molecule has 0 heterocycles. The topological polar surface area (TPSA) is 40.5 Å². The maximum absolute atomic E-state index is 10.6. The molecular formula is C18H23NO2. The van der Waals surface area contributed by atoms with E-state index in [1.807, 2.05) is 12.1 Å². The number of benzene rings is 1. The summed E-state index contributed by atoms with van der Waals surface area (Å²) in [6.07, 6.45) is 8.43. The first kappa shape index (κ1) is 14.3. The highest BCUT2D eigenvalue weighted by molar-refractivity contribution is 5.85. The van der Waals surface area contributed by atoms with E-state index in [-0.39, 0.29) is 0 Å². The summed E-state index contributed by atoms with van der Waals surface area (Å²) in [5.74, 6) is 0.933. The van der Waals surface area contributed by atoms with Gasteiger partial charge in [0.2, 0.25) is 0 Å². The maximum atomic E-state index is 10.6. The average Bonchev–Trinajstić information content (AvgIpc) is 3.33. The Bertz CT molecular complexity index is 516. The molecule has 3 nitrogen and oxygen atoms in total. The fraction of sp³-hybridized carbons (Fsp3) is 0.500. The smallest absolute Gasteiger partial charge is 0.328 e. The molecule has 2 fully saturated rings. The normalized spacial score (nSPS) is 18.5. The lowest BCUT2D eigenvalue weighted by atomic mass is 10.1. The van der Waals surface area contributed by atoms with Gasteiger partial charge in [0.05, 0.1) is 0 Å². The summed E-state index contributed by atoms with van der Waals surface area (Å²) in [6, 6.07) is 8.22. The lowest BCUT2D eigenvalue weighted by molar-refractivity contribution is -0.131. The predicted octanol–water partition coefficient (Wildman–Crippen LogP) is 3.41. The molecule has 0 saturated heterocycles. The average molecular weight is 285 g/mol. The predicted molar refractivity (Wildman–Crippen MR) is 83.8 cm³/mol. The Kier molecular flexibility index (Phi) is 4.39. The van der Waals surface area contributed by atoms with Crippen LogP contribution in [0.1, 0.15) is 36.8 Å². The van der Waals surface area contributed by atoms with E-state index in [2.05, 4.69) is 17.0 Å². The van der Waals surface area contributed by atoms with Crippen molar-refractivity contribution in [3.05, 3.63) is 41.5 Å². The molecule has 112 valence electrons. The van der Waals surface area contributed by atoms with E-state index < -0.39 is 5.97 Å². The zero-order valence-corrected chi connectivity index (χ0v) is 12.4. The van der Waals surface area contributed by atoms with Crippen molar-refractivity contribution in [3.8, 4) is 0 Å². The molecule has 0 atom stereocenters. The van der Waals surface area contributed by atoms with Crippen LogP contribution in [0.25, 0.3) is 6.08 Å². The lowest BCUT2D eigenvalue weighted by Gasteiger charge is -2.22. The Labute approximate surface area is 126 Å². The SMILES string of the molecule is O=C(O)C=Cc1cccc(CN(CC2CC2)CC2CC2)c1. The summed E-state index contributed by atoms with van der Waals surface area (Å²) < 4.78 is 0. The molecule has 3 rings (SSSR count). The molecule has 0 amide bonds. The van der Waals surface area contributed by atoms with Gasteiger partial charge in [0.25, 0.3) is 0 Å². The van der Waals surface area contributed by atoms with Crippen LogP contribution in [0.3, 0.4) is 0 Å². The molecule has 2 aliphatic carbocycles. The van der Waals surface area contributed by atoms with Gasteiger partial charge in [-0.1, -0.05) is 24.3 Å². The van der Waals surface area contributed by atoms with Crippen molar-refractivity contribution in [1.82, 2.24) is 4.90 Å². The monoisotopic (exact) mass is 285 g/mol. The van der Waals surface area contributed by atoms with Crippen molar-refractivity contribution in [2.45, 2.75) is 32.2 Å². The first-order chi connectivity index (χ1) is 10.2. The molecule has 0 aliphatic heterocycles. The molecule has 0 unspecified atom stereocenters. The van der Waals surface area contributed by atoms with Gasteiger partial charge in [-0.15, -0.1) is 0 Å². The van der Waals surface area contributed by atoms with E-state index in [1.165, 1.54) is 50.4 Å². The van der Waals surface area contributed by atoms with Crippen molar-refractivity contribution in [2.24, 2.45) is 11.8 Å². The number of carbonyl (C=O) groups is 1. The quantitative estimate of drug-likeness (QED) is 0.744. The molecular weight excluding hydrogens is 262 g/mol. The molecule has 0 radical (unpaired) electrons. The van der Waals surface area contributed by atoms with Crippen molar-refractivity contribution in [2.75, 3.05) is 13.1 Å². The molecule has 0 spiro atoms. The van der Waals surface area contributed by atoms with Crippen molar-refractivity contribution >= 4 is 12.0 Å². The summed E-state index contributed by atoms with van der Waals surface area (Å²) in [5, 5.41) is 8.71. The van der Waals surface area contributed by atoms with Crippen LogP contribution in [0.4, 0.5) is 0 Å². The van der Waals surface area contributed by atoms with E-state index in [0.717, 1.165) is 23.9 Å². The molecule has 2 saturated carbocycles. The zero-order chi connectivity index (χ0) is 14.7. The summed E-state index contributed by atoms with van der Waals surface area (Å²) in [4.78, 5) is 13.2. The van der Waals surface area contributed by atoms with Gasteiger partial charge in [-0.2, -0.15) is 0 Å². The highest BCUT2D eigenvalue weighted by Crippen LogP contribution is 2.34. The fourth-order valence-corrected chi connectivity index (χ4v) is 2.76. The molecule has 1 aromatic carbocycles. The van der Waals surface area contributed by atoms with Crippen LogP contribution in [-0.4, -0.2) is 29.1 Å². The Balaban J connectivity index is 1.63. The summed E-state index contributed by atoms with van der Waals surface area (Å²) >= 11 is 0. The van der Waals surface area contributed by atoms with Gasteiger partial charge in [-0.05, 0) is 54.7 Å². The second-order valence-electron chi connectivity index (χ2n) is 6.50. The number of carboxylic acids is 1. The minimum atomic E-state index is -0.899. The standard InChI is InChI=1S/C18H23NO2/c20-18(21)9-8-14-2-1-3-17(10-14)13-19(11-15-4-5-15)12-16-6-7-16/h1-3,8-10,15-16H,4-7,11-13H2,(H,20,21). The molecule has 2 aliphatic rings. The Morgan fingerprint density at radius 1 is 1.19 bits per heavy atom. The Morgan fingerprint density at radius 2 is 1.86 bits per heavy atom. The van der Waals surface area contributed by atoms with Crippen LogP contribution in [-0.2, 0) is 11.3 Å². The third-order valence-electron chi connectivity index (χ3n) is 4.20. The largest absolute Gasteiger partial charge is 0.478 e. The van der Waals surface area contributed by atoms with E-state index in [0.29, 0.717) is 0 Å². The third kappa shape index (κ3) is 5.01. The van der Waals surface area contributed by atoms with Gasteiger partial charge in [0.1, 0.15) is 0 Å². The van der Waals surface area contributed by atoms with Gasteiger partial charge in [-0.25, -0.2) is 4.79 Å². The molecule has 1 N–H and O–H groups in total. The highest BCUT2D eigenvalue weighted by Gasteiger charge is 2.29. The maximum Gasteiger partial charge on any atom is 0.328 e. The van der Waals surface area contributed by atoms with Crippen molar-refractivity contribution in [3.63, 3.8) is 0 Å². The first-order valence-electron chi connectivity index (χ1n) is 7.91. The Hall–Kier alpha value is -1.61. The van der Waals surface area contributed by atoms with Crippen LogP contribution in [0.2, 0.25) is 0 Å². The molecule has 0 aromatic heterocycles. The van der Waals surface area contributed by atoms with Crippen LogP contribution in [0.5, 0.6) is 0 Å². The van der Waals surface area contributed by atoms with Crippen LogP contribution in [0, 0.1) is 11.8 Å². The summed E-state index contributed by atoms with van der Waals surface area (Å²) in [5.41, 5.74) is 2.25. The number of nitrogens with zero attached hydrogens (tertiary/aromatic N) is 1. The van der Waals surface area contributed by atoms with E-state index >= 15 is 0 Å². The van der Waals surface area contributed by atoms with E-state index in [4.69, 9.17) is 5.11 Å². The number of rotatable bonds is 8. The minimum absolute atomic E-state index is 0.899. The van der Waals surface area contributed by atoms with Gasteiger partial charge in [0, 0.05) is 25.7 Å².